The lowest BCUT2D eigenvalue weighted by atomic mass is 10.1. The van der Waals surface area contributed by atoms with Gasteiger partial charge in [-0.2, -0.15) is 4.72 Å². The molecule has 0 unspecified atom stereocenters. The van der Waals surface area contributed by atoms with Gasteiger partial charge in [0.05, 0.1) is 11.5 Å². The first-order valence-electron chi connectivity index (χ1n) is 6.44. The highest BCUT2D eigenvalue weighted by Crippen LogP contribution is 2.23. The van der Waals surface area contributed by atoms with E-state index < -0.39 is 21.5 Å². The Morgan fingerprint density at radius 2 is 1.76 bits per heavy atom. The summed E-state index contributed by atoms with van der Waals surface area (Å²) in [5, 5.41) is 0. The van der Waals surface area contributed by atoms with E-state index in [4.69, 9.17) is 10.5 Å². The van der Waals surface area contributed by atoms with E-state index in [1.165, 1.54) is 14.0 Å². The van der Waals surface area contributed by atoms with E-state index in [-0.39, 0.29) is 11.5 Å². The van der Waals surface area contributed by atoms with Crippen molar-refractivity contribution in [2.45, 2.75) is 38.1 Å². The number of aryl methyl sites for hydroxylation is 3. The van der Waals surface area contributed by atoms with Gasteiger partial charge in [-0.1, -0.05) is 17.7 Å². The summed E-state index contributed by atoms with van der Waals surface area (Å²) in [5.41, 5.74) is 5.99. The molecule has 3 N–H and O–H groups in total. The summed E-state index contributed by atoms with van der Waals surface area (Å²) >= 11 is 0. The third-order valence-electron chi connectivity index (χ3n) is 3.21. The highest BCUT2D eigenvalue weighted by atomic mass is 32.2. The maximum Gasteiger partial charge on any atom is 0.242 e. The number of hydrogen-bond donors (Lipinski definition) is 2. The molecule has 0 radical (unpaired) electrons. The summed E-state index contributed by atoms with van der Waals surface area (Å²) in [6.07, 6.45) is 0. The van der Waals surface area contributed by atoms with E-state index in [1.807, 2.05) is 6.92 Å². The van der Waals surface area contributed by atoms with Crippen LogP contribution in [0.4, 0.5) is 0 Å². The number of hydrogen-bond acceptors (Lipinski definition) is 4. The smallest absolute Gasteiger partial charge is 0.242 e. The van der Waals surface area contributed by atoms with Crippen molar-refractivity contribution in [3.63, 3.8) is 0 Å². The predicted octanol–water partition coefficient (Wildman–Crippen LogP) is 0.781. The molecule has 0 aliphatic rings. The third kappa shape index (κ3) is 3.81. The predicted molar refractivity (Wildman–Crippen MR) is 80.4 cm³/mol. The van der Waals surface area contributed by atoms with Crippen LogP contribution >= 0.6 is 0 Å². The normalized spacial score (nSPS) is 14.7. The van der Waals surface area contributed by atoms with Crippen LogP contribution in [-0.2, 0) is 19.6 Å². The molecular formula is C14H22N2O4S. The Morgan fingerprint density at radius 1 is 1.29 bits per heavy atom. The highest BCUT2D eigenvalue weighted by molar-refractivity contribution is 7.89. The van der Waals surface area contributed by atoms with Gasteiger partial charge < -0.3 is 10.5 Å². The van der Waals surface area contributed by atoms with Crippen LogP contribution in [0.3, 0.4) is 0 Å². The van der Waals surface area contributed by atoms with Crippen molar-refractivity contribution in [3.8, 4) is 0 Å². The fourth-order valence-corrected chi connectivity index (χ4v) is 4.20. The highest BCUT2D eigenvalue weighted by Gasteiger charge is 2.37. The largest absolute Gasteiger partial charge is 0.382 e. The molecule has 0 heterocycles. The zero-order chi connectivity index (χ0) is 16.4. The number of rotatable bonds is 6. The van der Waals surface area contributed by atoms with Crippen molar-refractivity contribution in [2.75, 3.05) is 13.7 Å². The second kappa shape index (κ2) is 6.13. The summed E-state index contributed by atoms with van der Waals surface area (Å²) in [6, 6.07) is 3.55. The molecule has 0 bridgehead atoms. The molecule has 21 heavy (non-hydrogen) atoms. The zero-order valence-electron chi connectivity index (χ0n) is 13.0. The Kier molecular flexibility index (Phi) is 5.14. The summed E-state index contributed by atoms with van der Waals surface area (Å²) < 4.78 is 32.5. The molecular weight excluding hydrogens is 292 g/mol. The van der Waals surface area contributed by atoms with Gasteiger partial charge in [-0.05, 0) is 38.8 Å². The van der Waals surface area contributed by atoms with Gasteiger partial charge in [-0.25, -0.2) is 8.42 Å². The molecule has 0 spiro atoms. The molecule has 1 rings (SSSR count). The third-order valence-corrected chi connectivity index (χ3v) is 5.11. The number of primary amides is 1. The fourth-order valence-electron chi connectivity index (χ4n) is 2.38. The quantitative estimate of drug-likeness (QED) is 0.810. The van der Waals surface area contributed by atoms with Gasteiger partial charge in [0.2, 0.25) is 15.9 Å². The van der Waals surface area contributed by atoms with E-state index in [2.05, 4.69) is 4.72 Å². The number of carbonyl (C=O) groups is 1. The van der Waals surface area contributed by atoms with Gasteiger partial charge >= 0.3 is 0 Å². The van der Waals surface area contributed by atoms with Crippen LogP contribution in [0.1, 0.15) is 23.6 Å². The Labute approximate surface area is 125 Å². The van der Waals surface area contributed by atoms with Gasteiger partial charge in [0.1, 0.15) is 5.54 Å². The molecule has 0 aromatic heterocycles. The minimum absolute atomic E-state index is 0.147. The second-order valence-electron chi connectivity index (χ2n) is 5.46. The van der Waals surface area contributed by atoms with Crippen molar-refractivity contribution in [3.05, 3.63) is 28.8 Å². The lowest BCUT2D eigenvalue weighted by Crippen LogP contribution is -2.58. The maximum absolute atomic E-state index is 12.6. The van der Waals surface area contributed by atoms with Gasteiger partial charge in [-0.3, -0.25) is 4.79 Å². The maximum atomic E-state index is 12.6. The average Bonchev–Trinajstić information content (AvgIpc) is 2.25. The molecule has 0 aliphatic carbocycles. The summed E-state index contributed by atoms with van der Waals surface area (Å²) in [6.45, 7) is 6.57. The van der Waals surface area contributed by atoms with Crippen LogP contribution in [0, 0.1) is 20.8 Å². The first-order valence-corrected chi connectivity index (χ1v) is 7.92. The minimum atomic E-state index is -3.89. The molecule has 1 aromatic rings. The van der Waals surface area contributed by atoms with E-state index in [0.29, 0.717) is 11.1 Å². The molecule has 0 saturated heterocycles. The van der Waals surface area contributed by atoms with Crippen molar-refractivity contribution >= 4 is 15.9 Å². The van der Waals surface area contributed by atoms with Crippen molar-refractivity contribution in [1.82, 2.24) is 4.72 Å². The van der Waals surface area contributed by atoms with Crippen LogP contribution in [-0.4, -0.2) is 33.6 Å². The molecule has 1 atom stereocenters. The number of nitrogens with one attached hydrogen (secondary N) is 1. The van der Waals surface area contributed by atoms with E-state index >= 15 is 0 Å². The molecule has 0 fully saturated rings. The SMILES string of the molecule is COC[C@](C)(NS(=O)(=O)c1c(C)cc(C)cc1C)C(N)=O. The Morgan fingerprint density at radius 3 is 2.14 bits per heavy atom. The summed E-state index contributed by atoms with van der Waals surface area (Å²) in [7, 11) is -2.52. The van der Waals surface area contributed by atoms with E-state index in [1.54, 1.807) is 26.0 Å². The number of methoxy groups -OCH3 is 1. The second-order valence-corrected chi connectivity index (χ2v) is 7.08. The van der Waals surface area contributed by atoms with Gasteiger partial charge in [0.15, 0.2) is 0 Å². The Balaban J connectivity index is 3.33. The number of nitrogens with two attached hydrogens (primary N) is 1. The number of carbonyl (C=O) groups excluding carboxylic acids is 1. The van der Waals surface area contributed by atoms with E-state index in [9.17, 15) is 13.2 Å². The fraction of sp³-hybridized carbons (Fsp3) is 0.500. The minimum Gasteiger partial charge on any atom is -0.382 e. The standard InChI is InChI=1S/C14H22N2O4S/c1-9-6-10(2)12(11(3)7-9)21(18,19)16-14(4,8-20-5)13(15)17/h6-7,16H,8H2,1-5H3,(H2,15,17)/t14-/m0/s1. The molecule has 0 aliphatic heterocycles. The van der Waals surface area contributed by atoms with Crippen molar-refractivity contribution in [2.24, 2.45) is 5.73 Å². The Bertz CT molecular complexity index is 632. The first kappa shape index (κ1) is 17.6. The number of ether oxygens (including phenoxy) is 1. The number of benzene rings is 1. The molecule has 1 amide bonds. The number of amides is 1. The summed E-state index contributed by atoms with van der Waals surface area (Å²) in [4.78, 5) is 11.7. The molecule has 118 valence electrons. The Hall–Kier alpha value is -1.44. The van der Waals surface area contributed by atoms with Crippen molar-refractivity contribution < 1.29 is 17.9 Å². The molecule has 7 heteroatoms. The molecule has 1 aromatic carbocycles. The molecule has 6 nitrogen and oxygen atoms in total. The lowest BCUT2D eigenvalue weighted by Gasteiger charge is -2.27. The van der Waals surface area contributed by atoms with Gasteiger partial charge in [0.25, 0.3) is 0 Å². The molecule has 0 saturated carbocycles. The average molecular weight is 314 g/mol. The van der Waals surface area contributed by atoms with E-state index in [0.717, 1.165) is 5.56 Å². The van der Waals surface area contributed by atoms with Crippen LogP contribution in [0.15, 0.2) is 17.0 Å². The zero-order valence-corrected chi connectivity index (χ0v) is 13.8. The van der Waals surface area contributed by atoms with Gasteiger partial charge in [0, 0.05) is 7.11 Å². The monoisotopic (exact) mass is 314 g/mol. The van der Waals surface area contributed by atoms with Crippen LogP contribution in [0.25, 0.3) is 0 Å². The topological polar surface area (TPSA) is 98.5 Å². The van der Waals surface area contributed by atoms with Crippen LogP contribution in [0.2, 0.25) is 0 Å². The van der Waals surface area contributed by atoms with Crippen LogP contribution in [0.5, 0.6) is 0 Å². The van der Waals surface area contributed by atoms with Crippen LogP contribution < -0.4 is 10.5 Å². The summed E-state index contributed by atoms with van der Waals surface area (Å²) in [5.74, 6) is -0.796. The lowest BCUT2D eigenvalue weighted by molar-refractivity contribution is -0.124. The van der Waals surface area contributed by atoms with Crippen molar-refractivity contribution in [1.29, 1.82) is 0 Å². The first-order chi connectivity index (χ1) is 9.53. The van der Waals surface area contributed by atoms with Gasteiger partial charge in [-0.15, -0.1) is 0 Å². The number of sulfonamides is 1.